The van der Waals surface area contributed by atoms with E-state index in [-0.39, 0.29) is 11.9 Å². The highest BCUT2D eigenvalue weighted by molar-refractivity contribution is 5.72. The molecule has 1 fully saturated rings. The molecule has 5 nitrogen and oxygen atoms in total. The molecule has 0 bridgehead atoms. The largest absolute Gasteiger partial charge is 0.381 e. The van der Waals surface area contributed by atoms with E-state index in [9.17, 15) is 4.79 Å². The number of nitrogens with zero attached hydrogens (tertiary/aromatic N) is 1. The van der Waals surface area contributed by atoms with Crippen LogP contribution in [0.2, 0.25) is 0 Å². The molecule has 1 aliphatic rings. The van der Waals surface area contributed by atoms with Gasteiger partial charge in [0.25, 0.3) is 0 Å². The van der Waals surface area contributed by atoms with E-state index in [1.54, 1.807) is 12.4 Å². The van der Waals surface area contributed by atoms with Crippen LogP contribution in [0.3, 0.4) is 0 Å². The molecule has 2 heterocycles. The smallest absolute Gasteiger partial charge is 0.327 e. The van der Waals surface area contributed by atoms with Crippen molar-refractivity contribution in [2.24, 2.45) is 5.92 Å². The zero-order chi connectivity index (χ0) is 11.9. The lowest BCUT2D eigenvalue weighted by atomic mass is 10.0. The second-order valence-electron chi connectivity index (χ2n) is 3.99. The number of pyridine rings is 1. The molecule has 0 unspecified atom stereocenters. The molecule has 1 aromatic rings. The van der Waals surface area contributed by atoms with Crippen LogP contribution in [0.4, 0.5) is 0 Å². The predicted molar refractivity (Wildman–Crippen MR) is 60.7 cm³/mol. The van der Waals surface area contributed by atoms with Gasteiger partial charge in [0.1, 0.15) is 0 Å². The summed E-state index contributed by atoms with van der Waals surface area (Å²) >= 11 is 0. The number of carbonyl (C=O) groups is 1. The zero-order valence-corrected chi connectivity index (χ0v) is 9.59. The van der Waals surface area contributed by atoms with E-state index in [4.69, 9.17) is 9.57 Å². The summed E-state index contributed by atoms with van der Waals surface area (Å²) in [6.45, 7) is 1.76. The van der Waals surface area contributed by atoms with E-state index < -0.39 is 0 Å². The van der Waals surface area contributed by atoms with Crippen LogP contribution in [0.15, 0.2) is 24.5 Å². The Hall–Kier alpha value is -1.46. The third-order valence-corrected chi connectivity index (χ3v) is 2.73. The van der Waals surface area contributed by atoms with Crippen molar-refractivity contribution in [1.82, 2.24) is 10.5 Å². The quantitative estimate of drug-likeness (QED) is 0.792. The molecule has 0 aliphatic carbocycles. The monoisotopic (exact) mass is 236 g/mol. The highest BCUT2D eigenvalue weighted by Gasteiger charge is 2.23. The highest BCUT2D eigenvalue weighted by Crippen LogP contribution is 2.15. The van der Waals surface area contributed by atoms with Crippen molar-refractivity contribution in [2.75, 3.05) is 13.2 Å². The summed E-state index contributed by atoms with van der Waals surface area (Å²) < 4.78 is 5.19. The van der Waals surface area contributed by atoms with E-state index in [2.05, 4.69) is 10.5 Å². The lowest BCUT2D eigenvalue weighted by molar-refractivity contribution is -0.159. The van der Waals surface area contributed by atoms with Crippen molar-refractivity contribution in [2.45, 2.75) is 19.4 Å². The lowest BCUT2D eigenvalue weighted by Gasteiger charge is -2.20. The third kappa shape index (κ3) is 3.80. The van der Waals surface area contributed by atoms with Gasteiger partial charge in [0, 0.05) is 25.6 Å². The fourth-order valence-electron chi connectivity index (χ4n) is 1.71. The molecule has 17 heavy (non-hydrogen) atoms. The van der Waals surface area contributed by atoms with Crippen LogP contribution < -0.4 is 5.48 Å². The number of rotatable bonds is 4. The second kappa shape index (κ2) is 6.32. The molecule has 0 aromatic carbocycles. The van der Waals surface area contributed by atoms with Gasteiger partial charge >= 0.3 is 5.97 Å². The van der Waals surface area contributed by atoms with Gasteiger partial charge in [-0.1, -0.05) is 6.07 Å². The van der Waals surface area contributed by atoms with Crippen molar-refractivity contribution < 1.29 is 14.4 Å². The minimum Gasteiger partial charge on any atom is -0.381 e. The summed E-state index contributed by atoms with van der Waals surface area (Å²) in [5.74, 6) is -0.234. The van der Waals surface area contributed by atoms with Crippen LogP contribution in [-0.4, -0.2) is 24.2 Å². The fraction of sp³-hybridized carbons (Fsp3) is 0.500. The van der Waals surface area contributed by atoms with Crippen molar-refractivity contribution >= 4 is 5.97 Å². The van der Waals surface area contributed by atoms with Crippen molar-refractivity contribution in [1.29, 1.82) is 0 Å². The van der Waals surface area contributed by atoms with Gasteiger partial charge in [0.2, 0.25) is 0 Å². The Balaban J connectivity index is 1.69. The number of nitrogens with one attached hydrogen (secondary N) is 1. The molecular weight excluding hydrogens is 220 g/mol. The van der Waals surface area contributed by atoms with Gasteiger partial charge in [0.05, 0.1) is 12.5 Å². The maximum atomic E-state index is 11.6. The first-order valence-corrected chi connectivity index (χ1v) is 5.76. The van der Waals surface area contributed by atoms with Gasteiger partial charge in [-0.2, -0.15) is 0 Å². The van der Waals surface area contributed by atoms with Crippen LogP contribution in [0.25, 0.3) is 0 Å². The minimum absolute atomic E-state index is 0.0369. The van der Waals surface area contributed by atoms with Crippen LogP contribution >= 0.6 is 0 Å². The van der Waals surface area contributed by atoms with Gasteiger partial charge in [-0.25, -0.2) is 0 Å². The summed E-state index contributed by atoms with van der Waals surface area (Å²) in [5.41, 5.74) is 3.65. The van der Waals surface area contributed by atoms with Gasteiger partial charge in [0.15, 0.2) is 0 Å². The summed E-state index contributed by atoms with van der Waals surface area (Å²) in [4.78, 5) is 20.6. The SMILES string of the molecule is O=C(ONCc1cccnc1)C1CCOCC1. The molecule has 0 amide bonds. The first-order chi connectivity index (χ1) is 8.36. The van der Waals surface area contributed by atoms with Gasteiger partial charge in [-0.15, -0.1) is 5.48 Å². The van der Waals surface area contributed by atoms with E-state index in [0.717, 1.165) is 18.4 Å². The molecule has 0 saturated carbocycles. The van der Waals surface area contributed by atoms with Crippen molar-refractivity contribution in [3.05, 3.63) is 30.1 Å². The predicted octanol–water partition coefficient (Wildman–Crippen LogP) is 1.06. The Kier molecular flexibility index (Phi) is 4.46. The van der Waals surface area contributed by atoms with Crippen LogP contribution in [-0.2, 0) is 20.9 Å². The normalized spacial score (nSPS) is 16.7. The topological polar surface area (TPSA) is 60.5 Å². The Labute approximate surface area is 100 Å². The Morgan fingerprint density at radius 2 is 2.35 bits per heavy atom. The first kappa shape index (κ1) is 12.0. The number of hydroxylamine groups is 1. The highest BCUT2D eigenvalue weighted by atomic mass is 16.7. The van der Waals surface area contributed by atoms with Gasteiger partial charge < -0.3 is 9.57 Å². The molecule has 0 radical (unpaired) electrons. The molecule has 5 heteroatoms. The number of carbonyl (C=O) groups excluding carboxylic acids is 1. The van der Waals surface area contributed by atoms with Gasteiger partial charge in [-0.05, 0) is 24.5 Å². The van der Waals surface area contributed by atoms with E-state index >= 15 is 0 Å². The number of aromatic nitrogens is 1. The number of hydrogen-bond acceptors (Lipinski definition) is 5. The average Bonchev–Trinajstić information content (AvgIpc) is 2.41. The molecule has 2 rings (SSSR count). The van der Waals surface area contributed by atoms with Crippen LogP contribution in [0.1, 0.15) is 18.4 Å². The summed E-state index contributed by atoms with van der Waals surface area (Å²) in [6.07, 6.45) is 4.92. The maximum Gasteiger partial charge on any atom is 0.327 e. The first-order valence-electron chi connectivity index (χ1n) is 5.76. The molecule has 1 N–H and O–H groups in total. The molecule has 0 spiro atoms. The third-order valence-electron chi connectivity index (χ3n) is 2.73. The Morgan fingerprint density at radius 1 is 1.53 bits per heavy atom. The second-order valence-corrected chi connectivity index (χ2v) is 3.99. The van der Waals surface area contributed by atoms with Crippen molar-refractivity contribution in [3.8, 4) is 0 Å². The van der Waals surface area contributed by atoms with Gasteiger partial charge in [-0.3, -0.25) is 9.78 Å². The van der Waals surface area contributed by atoms with Crippen LogP contribution in [0, 0.1) is 5.92 Å². The zero-order valence-electron chi connectivity index (χ0n) is 9.59. The average molecular weight is 236 g/mol. The molecule has 1 aliphatic heterocycles. The van der Waals surface area contributed by atoms with Crippen LogP contribution in [0.5, 0.6) is 0 Å². The summed E-state index contributed by atoms with van der Waals surface area (Å²) in [7, 11) is 0. The Bertz CT molecular complexity index is 350. The molecule has 92 valence electrons. The minimum atomic E-state index is -0.197. The summed E-state index contributed by atoms with van der Waals surface area (Å²) in [6, 6.07) is 3.76. The lowest BCUT2D eigenvalue weighted by Crippen LogP contribution is -2.29. The number of ether oxygens (including phenoxy) is 1. The molecule has 0 atom stereocenters. The molecular formula is C12H16N2O3. The molecule has 1 saturated heterocycles. The van der Waals surface area contributed by atoms with E-state index in [0.29, 0.717) is 19.8 Å². The summed E-state index contributed by atoms with van der Waals surface area (Å²) in [5, 5.41) is 0. The fourth-order valence-corrected chi connectivity index (χ4v) is 1.71. The standard InChI is InChI=1S/C12H16N2O3/c15-12(11-3-6-16-7-4-11)17-14-9-10-2-1-5-13-8-10/h1-2,5,8,11,14H,3-4,6-7,9H2. The Morgan fingerprint density at radius 3 is 3.06 bits per heavy atom. The van der Waals surface area contributed by atoms with E-state index in [1.807, 2.05) is 12.1 Å². The van der Waals surface area contributed by atoms with Crippen molar-refractivity contribution in [3.63, 3.8) is 0 Å². The maximum absolute atomic E-state index is 11.6. The van der Waals surface area contributed by atoms with E-state index in [1.165, 1.54) is 0 Å². The number of hydrogen-bond donors (Lipinski definition) is 1. The molecule has 1 aromatic heterocycles.